The molecule has 0 aliphatic carbocycles. The van der Waals surface area contributed by atoms with Gasteiger partial charge in [-0.3, -0.25) is 9.79 Å². The van der Waals surface area contributed by atoms with Crippen LogP contribution >= 0.6 is 23.5 Å². The van der Waals surface area contributed by atoms with Crippen molar-refractivity contribution in [2.75, 3.05) is 19.6 Å². The van der Waals surface area contributed by atoms with E-state index in [1.165, 1.54) is 10.5 Å². The van der Waals surface area contributed by atoms with Crippen molar-refractivity contribution in [3.05, 3.63) is 40.9 Å². The van der Waals surface area contributed by atoms with Crippen LogP contribution in [-0.2, 0) is 11.2 Å². The Kier molecular flexibility index (Phi) is 3.43. The van der Waals surface area contributed by atoms with Gasteiger partial charge in [0, 0.05) is 22.5 Å². The summed E-state index contributed by atoms with van der Waals surface area (Å²) in [5.41, 5.74) is 2.44. The van der Waals surface area contributed by atoms with Crippen LogP contribution in [0.5, 0.6) is 0 Å². The molecule has 0 unspecified atom stereocenters. The molecule has 1 amide bonds. The summed E-state index contributed by atoms with van der Waals surface area (Å²) in [5, 5.41) is 6.24. The summed E-state index contributed by atoms with van der Waals surface area (Å²) in [6.07, 6.45) is 0.830. The van der Waals surface area contributed by atoms with Crippen molar-refractivity contribution in [3.8, 4) is 0 Å². The lowest BCUT2D eigenvalue weighted by Gasteiger charge is -2.17. The van der Waals surface area contributed by atoms with Gasteiger partial charge in [0.25, 0.3) is 0 Å². The number of benzene rings is 1. The molecule has 1 N–H and O–H groups in total. The zero-order chi connectivity index (χ0) is 14.2. The zero-order valence-electron chi connectivity index (χ0n) is 11.4. The van der Waals surface area contributed by atoms with Crippen LogP contribution in [0.2, 0.25) is 0 Å². The summed E-state index contributed by atoms with van der Waals surface area (Å²) in [4.78, 5) is 20.2. The number of carbonyl (C=O) groups excluding carboxylic acids is 1. The third-order valence-corrected chi connectivity index (χ3v) is 6.10. The van der Waals surface area contributed by atoms with Crippen molar-refractivity contribution in [3.63, 3.8) is 0 Å². The summed E-state index contributed by atoms with van der Waals surface area (Å²) in [5.74, 6) is 0.131. The number of carbonyl (C=O) groups is 1. The Morgan fingerprint density at radius 3 is 3.24 bits per heavy atom. The van der Waals surface area contributed by atoms with Gasteiger partial charge >= 0.3 is 0 Å². The maximum absolute atomic E-state index is 12.3. The van der Waals surface area contributed by atoms with Crippen LogP contribution in [0.25, 0.3) is 0 Å². The van der Waals surface area contributed by atoms with E-state index < -0.39 is 0 Å². The summed E-state index contributed by atoms with van der Waals surface area (Å²) in [7, 11) is 0. The predicted molar refractivity (Wildman–Crippen MR) is 87.5 cm³/mol. The van der Waals surface area contributed by atoms with Crippen LogP contribution in [0, 0.1) is 0 Å². The van der Waals surface area contributed by atoms with Crippen molar-refractivity contribution in [1.82, 2.24) is 10.2 Å². The third kappa shape index (κ3) is 2.46. The van der Waals surface area contributed by atoms with Crippen LogP contribution in [0.1, 0.15) is 5.56 Å². The quantitative estimate of drug-likeness (QED) is 0.927. The van der Waals surface area contributed by atoms with E-state index >= 15 is 0 Å². The van der Waals surface area contributed by atoms with E-state index in [4.69, 9.17) is 0 Å². The van der Waals surface area contributed by atoms with Gasteiger partial charge in [-0.2, -0.15) is 0 Å². The topological polar surface area (TPSA) is 44.7 Å². The molecular weight excluding hydrogens is 302 g/mol. The Morgan fingerprint density at radius 1 is 1.43 bits per heavy atom. The van der Waals surface area contributed by atoms with Gasteiger partial charge in [-0.05, 0) is 18.1 Å². The molecule has 0 bridgehead atoms. The molecule has 0 saturated heterocycles. The lowest BCUT2D eigenvalue weighted by molar-refractivity contribution is -0.120. The van der Waals surface area contributed by atoms with E-state index in [0.717, 1.165) is 30.4 Å². The first kappa shape index (κ1) is 13.3. The highest BCUT2D eigenvalue weighted by Crippen LogP contribution is 2.36. The average Bonchev–Trinajstić information content (AvgIpc) is 3.19. The molecule has 108 valence electrons. The summed E-state index contributed by atoms with van der Waals surface area (Å²) >= 11 is 3.32. The standard InChI is InChI=1S/C15H15N3OS2/c19-14(13-7-10-3-1-2-4-12(10)21-13)17-8-11-9-20-15-16-5-6-18(11)15/h1-4,9,13H,5-8H2,(H,17,19)/t13-/m1/s1. The molecule has 1 atom stereocenters. The Hall–Kier alpha value is -1.40. The predicted octanol–water partition coefficient (Wildman–Crippen LogP) is 2.08. The van der Waals surface area contributed by atoms with E-state index in [2.05, 4.69) is 32.7 Å². The van der Waals surface area contributed by atoms with Crippen LogP contribution in [0.4, 0.5) is 0 Å². The number of amidine groups is 1. The van der Waals surface area contributed by atoms with Gasteiger partial charge in [0.2, 0.25) is 5.91 Å². The molecule has 0 fully saturated rings. The maximum atomic E-state index is 12.3. The van der Waals surface area contributed by atoms with Crippen LogP contribution in [0.15, 0.2) is 45.3 Å². The Bertz CT molecular complexity index is 631. The summed E-state index contributed by atoms with van der Waals surface area (Å²) in [6.45, 7) is 2.40. The van der Waals surface area contributed by atoms with Crippen LogP contribution < -0.4 is 5.32 Å². The van der Waals surface area contributed by atoms with Crippen molar-refractivity contribution in [2.45, 2.75) is 16.6 Å². The maximum Gasteiger partial charge on any atom is 0.234 e. The van der Waals surface area contributed by atoms with E-state index in [-0.39, 0.29) is 11.2 Å². The number of hydrogen-bond donors (Lipinski definition) is 1. The van der Waals surface area contributed by atoms with Gasteiger partial charge in [-0.1, -0.05) is 30.0 Å². The fourth-order valence-corrected chi connectivity index (χ4v) is 4.91. The van der Waals surface area contributed by atoms with Crippen molar-refractivity contribution in [2.24, 2.45) is 4.99 Å². The fraction of sp³-hybridized carbons (Fsp3) is 0.333. The molecule has 0 spiro atoms. The van der Waals surface area contributed by atoms with E-state index in [9.17, 15) is 4.79 Å². The number of aliphatic imine (C=N–C) groups is 1. The van der Waals surface area contributed by atoms with Crippen molar-refractivity contribution >= 4 is 34.6 Å². The molecule has 1 aromatic carbocycles. The molecule has 0 saturated carbocycles. The lowest BCUT2D eigenvalue weighted by Crippen LogP contribution is -2.36. The minimum absolute atomic E-state index is 0.00349. The average molecular weight is 317 g/mol. The molecule has 4 rings (SSSR count). The van der Waals surface area contributed by atoms with Gasteiger partial charge in [0.05, 0.1) is 18.3 Å². The molecule has 0 aromatic heterocycles. The van der Waals surface area contributed by atoms with Gasteiger partial charge in [-0.15, -0.1) is 11.8 Å². The number of nitrogens with one attached hydrogen (secondary N) is 1. The smallest absolute Gasteiger partial charge is 0.234 e. The van der Waals surface area contributed by atoms with Gasteiger partial charge < -0.3 is 10.2 Å². The molecule has 3 aliphatic rings. The number of fused-ring (bicyclic) bond motifs is 2. The van der Waals surface area contributed by atoms with Gasteiger partial charge in [0.1, 0.15) is 0 Å². The molecule has 3 heterocycles. The van der Waals surface area contributed by atoms with Crippen molar-refractivity contribution in [1.29, 1.82) is 0 Å². The second kappa shape index (κ2) is 5.42. The first-order valence-corrected chi connectivity index (χ1v) is 8.77. The highest BCUT2D eigenvalue weighted by atomic mass is 32.2. The Balaban J connectivity index is 1.35. The summed E-state index contributed by atoms with van der Waals surface area (Å²) < 4.78 is 0. The molecule has 3 aliphatic heterocycles. The first-order valence-electron chi connectivity index (χ1n) is 7.01. The molecule has 1 aromatic rings. The van der Waals surface area contributed by atoms with Crippen LogP contribution in [-0.4, -0.2) is 40.9 Å². The molecule has 0 radical (unpaired) electrons. The van der Waals surface area contributed by atoms with E-state index in [1.807, 2.05) is 12.1 Å². The normalized spacial score (nSPS) is 22.7. The van der Waals surface area contributed by atoms with Gasteiger partial charge in [-0.25, -0.2) is 0 Å². The highest BCUT2D eigenvalue weighted by Gasteiger charge is 2.30. The number of rotatable bonds is 3. The highest BCUT2D eigenvalue weighted by molar-refractivity contribution is 8.16. The number of hydrogen-bond acceptors (Lipinski definition) is 5. The second-order valence-electron chi connectivity index (χ2n) is 5.18. The van der Waals surface area contributed by atoms with Gasteiger partial charge in [0.15, 0.2) is 5.17 Å². The largest absolute Gasteiger partial charge is 0.350 e. The molecule has 6 heteroatoms. The molecule has 4 nitrogen and oxygen atoms in total. The third-order valence-electron chi connectivity index (χ3n) is 3.83. The summed E-state index contributed by atoms with van der Waals surface area (Å²) in [6, 6.07) is 8.27. The Labute approximate surface area is 132 Å². The fourth-order valence-electron chi connectivity index (χ4n) is 2.74. The minimum atomic E-state index is 0.00349. The van der Waals surface area contributed by atoms with Crippen molar-refractivity contribution < 1.29 is 4.79 Å². The monoisotopic (exact) mass is 317 g/mol. The second-order valence-corrected chi connectivity index (χ2v) is 7.26. The lowest BCUT2D eigenvalue weighted by atomic mass is 10.1. The number of nitrogens with zero attached hydrogens (tertiary/aromatic N) is 2. The Morgan fingerprint density at radius 2 is 2.33 bits per heavy atom. The molecular formula is C15H15N3OS2. The number of thioether (sulfide) groups is 2. The minimum Gasteiger partial charge on any atom is -0.350 e. The SMILES string of the molecule is O=C(NCC1=CSC2=NCCN12)[C@H]1Cc2ccccc2S1. The van der Waals surface area contributed by atoms with E-state index in [1.54, 1.807) is 23.5 Å². The number of amides is 1. The zero-order valence-corrected chi connectivity index (χ0v) is 13.0. The first-order chi connectivity index (χ1) is 10.3. The van der Waals surface area contributed by atoms with Crippen LogP contribution in [0.3, 0.4) is 0 Å². The molecule has 21 heavy (non-hydrogen) atoms. The van der Waals surface area contributed by atoms with E-state index in [0.29, 0.717) is 6.54 Å².